The fourth-order valence-corrected chi connectivity index (χ4v) is 4.90. The number of likely N-dealkylation sites (tertiary alicyclic amines) is 1. The molecule has 1 amide bonds. The summed E-state index contributed by atoms with van der Waals surface area (Å²) in [6.07, 6.45) is 3.40. The molecule has 3 fully saturated rings. The van der Waals surface area contributed by atoms with Crippen LogP contribution in [0.15, 0.2) is 4.99 Å². The predicted octanol–water partition coefficient (Wildman–Crippen LogP) is 2.06. The molecule has 0 saturated carbocycles. The van der Waals surface area contributed by atoms with E-state index in [2.05, 4.69) is 55.1 Å². The Bertz CT molecular complexity index is 590. The van der Waals surface area contributed by atoms with Crippen molar-refractivity contribution in [3.8, 4) is 0 Å². The van der Waals surface area contributed by atoms with E-state index in [0.29, 0.717) is 6.42 Å². The molecule has 0 aromatic carbocycles. The van der Waals surface area contributed by atoms with Crippen LogP contribution < -0.4 is 10.6 Å². The lowest BCUT2D eigenvalue weighted by Crippen LogP contribution is -2.56. The van der Waals surface area contributed by atoms with Gasteiger partial charge >= 0.3 is 0 Å². The highest BCUT2D eigenvalue weighted by Gasteiger charge is 2.42. The summed E-state index contributed by atoms with van der Waals surface area (Å²) in [5.41, 5.74) is 0.0570. The molecule has 3 unspecified atom stereocenters. The number of piperidine rings is 1. The van der Waals surface area contributed by atoms with Crippen LogP contribution in [0.4, 0.5) is 0 Å². The van der Waals surface area contributed by atoms with E-state index in [4.69, 9.17) is 9.73 Å². The van der Waals surface area contributed by atoms with Crippen LogP contribution >= 0.6 is 24.0 Å². The normalized spacial score (nSPS) is 31.6. The van der Waals surface area contributed by atoms with E-state index < -0.39 is 0 Å². The third kappa shape index (κ3) is 6.19. The molecule has 3 saturated heterocycles. The molecule has 1 spiro atoms. The quantitative estimate of drug-likeness (QED) is 0.337. The molecule has 7 nitrogen and oxygen atoms in total. The Morgan fingerprint density at radius 2 is 2.03 bits per heavy atom. The van der Waals surface area contributed by atoms with Crippen molar-refractivity contribution in [3.63, 3.8) is 0 Å². The number of hydrogen-bond donors (Lipinski definition) is 2. The van der Waals surface area contributed by atoms with E-state index in [-0.39, 0.29) is 53.0 Å². The van der Waals surface area contributed by atoms with E-state index in [9.17, 15) is 4.79 Å². The molecule has 0 bridgehead atoms. The molecule has 8 heteroatoms. The van der Waals surface area contributed by atoms with Crippen molar-refractivity contribution in [2.24, 2.45) is 10.4 Å². The molecule has 3 rings (SSSR count). The summed E-state index contributed by atoms with van der Waals surface area (Å²) in [6.45, 7) is 17.2. The Labute approximate surface area is 193 Å². The summed E-state index contributed by atoms with van der Waals surface area (Å²) in [5, 5.41) is 6.53. The number of nitrogens with one attached hydrogen (secondary N) is 2. The van der Waals surface area contributed by atoms with Gasteiger partial charge in [-0.1, -0.05) is 0 Å². The average Bonchev–Trinajstić information content (AvgIpc) is 2.97. The van der Waals surface area contributed by atoms with Gasteiger partial charge in [0, 0.05) is 56.6 Å². The first-order chi connectivity index (χ1) is 13.2. The van der Waals surface area contributed by atoms with Crippen molar-refractivity contribution < 1.29 is 9.53 Å². The van der Waals surface area contributed by atoms with Gasteiger partial charge in [0.15, 0.2) is 5.96 Å². The third-order valence-corrected chi connectivity index (χ3v) is 6.38. The molecule has 0 aromatic heterocycles. The van der Waals surface area contributed by atoms with Crippen molar-refractivity contribution >= 4 is 35.8 Å². The van der Waals surface area contributed by atoms with Gasteiger partial charge in [-0.25, -0.2) is 0 Å². The summed E-state index contributed by atoms with van der Waals surface area (Å²) >= 11 is 0. The molecule has 3 aliphatic heterocycles. The lowest BCUT2D eigenvalue weighted by Gasteiger charge is -2.45. The fraction of sp³-hybridized carbons (Fsp3) is 0.905. The first-order valence-corrected chi connectivity index (χ1v) is 10.9. The SMILES string of the molecule is CCNC(=NCC(C)(C)N1CC(C)OC(C)C1)N1CCCC2(CNC(=O)C2)C1.I. The molecule has 0 aromatic rings. The summed E-state index contributed by atoms with van der Waals surface area (Å²) in [5.74, 6) is 1.18. The van der Waals surface area contributed by atoms with Gasteiger partial charge in [-0.3, -0.25) is 14.7 Å². The Balaban J connectivity index is 0.00000300. The lowest BCUT2D eigenvalue weighted by atomic mass is 9.79. The molecule has 3 atom stereocenters. The molecule has 29 heavy (non-hydrogen) atoms. The van der Waals surface area contributed by atoms with Gasteiger partial charge in [0.1, 0.15) is 0 Å². The molecule has 0 radical (unpaired) electrons. The first kappa shape index (κ1) is 24.7. The molecule has 3 heterocycles. The number of carbonyl (C=O) groups excluding carboxylic acids is 1. The molecule has 2 N–H and O–H groups in total. The van der Waals surface area contributed by atoms with E-state index >= 15 is 0 Å². The van der Waals surface area contributed by atoms with Gasteiger partial charge in [0.25, 0.3) is 0 Å². The zero-order valence-corrected chi connectivity index (χ0v) is 21.1. The Hall–Kier alpha value is -0.610. The second-order valence-electron chi connectivity index (χ2n) is 9.62. The van der Waals surface area contributed by atoms with Gasteiger partial charge in [-0.05, 0) is 47.5 Å². The van der Waals surface area contributed by atoms with Crippen LogP contribution in [0.1, 0.15) is 53.9 Å². The monoisotopic (exact) mass is 521 g/mol. The van der Waals surface area contributed by atoms with Crippen LogP contribution in [0.5, 0.6) is 0 Å². The average molecular weight is 521 g/mol. The Morgan fingerprint density at radius 3 is 2.62 bits per heavy atom. The smallest absolute Gasteiger partial charge is 0.220 e. The van der Waals surface area contributed by atoms with Crippen LogP contribution in [0.2, 0.25) is 0 Å². The zero-order valence-electron chi connectivity index (χ0n) is 18.8. The van der Waals surface area contributed by atoms with Crippen LogP contribution in [0.25, 0.3) is 0 Å². The van der Waals surface area contributed by atoms with Crippen molar-refractivity contribution in [1.29, 1.82) is 0 Å². The van der Waals surface area contributed by atoms with Crippen LogP contribution in [-0.4, -0.2) is 85.2 Å². The number of aliphatic imine (C=N–C) groups is 1. The Morgan fingerprint density at radius 1 is 1.34 bits per heavy atom. The molecule has 3 aliphatic rings. The minimum atomic E-state index is -0.0225. The molecular weight excluding hydrogens is 481 g/mol. The molecular formula is C21H40IN5O2. The number of rotatable bonds is 4. The summed E-state index contributed by atoms with van der Waals surface area (Å²) in [4.78, 5) is 21.7. The maximum Gasteiger partial charge on any atom is 0.220 e. The topological polar surface area (TPSA) is 69.2 Å². The van der Waals surface area contributed by atoms with E-state index in [0.717, 1.165) is 64.6 Å². The van der Waals surface area contributed by atoms with Crippen molar-refractivity contribution in [2.45, 2.75) is 71.6 Å². The number of hydrogen-bond acceptors (Lipinski definition) is 4. The van der Waals surface area contributed by atoms with Gasteiger partial charge < -0.3 is 20.3 Å². The van der Waals surface area contributed by atoms with Gasteiger partial charge in [0.05, 0.1) is 18.8 Å². The predicted molar refractivity (Wildman–Crippen MR) is 128 cm³/mol. The van der Waals surface area contributed by atoms with E-state index in [1.54, 1.807) is 0 Å². The highest BCUT2D eigenvalue weighted by Crippen LogP contribution is 2.36. The fourth-order valence-electron chi connectivity index (χ4n) is 4.90. The number of halogens is 1. The van der Waals surface area contributed by atoms with Gasteiger partial charge in [-0.2, -0.15) is 0 Å². The van der Waals surface area contributed by atoms with Gasteiger partial charge in [-0.15, -0.1) is 24.0 Å². The van der Waals surface area contributed by atoms with Crippen LogP contribution in [0.3, 0.4) is 0 Å². The number of ether oxygens (including phenoxy) is 1. The zero-order chi connectivity index (χ0) is 20.4. The maximum absolute atomic E-state index is 11.8. The lowest BCUT2D eigenvalue weighted by molar-refractivity contribution is -0.119. The number of carbonyl (C=O) groups is 1. The number of guanidine groups is 1. The van der Waals surface area contributed by atoms with Gasteiger partial charge in [0.2, 0.25) is 5.91 Å². The highest BCUT2D eigenvalue weighted by atomic mass is 127. The van der Waals surface area contributed by atoms with Crippen LogP contribution in [-0.2, 0) is 9.53 Å². The van der Waals surface area contributed by atoms with Crippen molar-refractivity contribution in [3.05, 3.63) is 0 Å². The third-order valence-electron chi connectivity index (χ3n) is 6.38. The van der Waals surface area contributed by atoms with Crippen molar-refractivity contribution in [1.82, 2.24) is 20.4 Å². The second kappa shape index (κ2) is 10.1. The molecule has 168 valence electrons. The minimum absolute atomic E-state index is 0. The van der Waals surface area contributed by atoms with E-state index in [1.807, 2.05) is 0 Å². The summed E-state index contributed by atoms with van der Waals surface area (Å²) in [6, 6.07) is 0. The highest BCUT2D eigenvalue weighted by molar-refractivity contribution is 14.0. The molecule has 0 aliphatic carbocycles. The summed E-state index contributed by atoms with van der Waals surface area (Å²) < 4.78 is 5.90. The maximum atomic E-state index is 11.8. The summed E-state index contributed by atoms with van der Waals surface area (Å²) in [7, 11) is 0. The number of nitrogens with zero attached hydrogens (tertiary/aromatic N) is 3. The number of amides is 1. The first-order valence-electron chi connectivity index (χ1n) is 10.9. The largest absolute Gasteiger partial charge is 0.373 e. The van der Waals surface area contributed by atoms with Crippen molar-refractivity contribution in [2.75, 3.05) is 45.8 Å². The second-order valence-corrected chi connectivity index (χ2v) is 9.62. The number of morpholine rings is 1. The Kier molecular flexibility index (Phi) is 8.61. The minimum Gasteiger partial charge on any atom is -0.373 e. The standard InChI is InChI=1S/C21H39N5O2.HI/c1-6-22-19(25-9-7-8-21(15-25)10-18(27)23-14-21)24-13-20(4,5)26-11-16(2)28-17(3)12-26;/h16-17H,6-15H2,1-5H3,(H,22,24)(H,23,27);1H. The van der Waals surface area contributed by atoms with Crippen LogP contribution in [0, 0.1) is 5.41 Å². The van der Waals surface area contributed by atoms with E-state index in [1.165, 1.54) is 0 Å².